The van der Waals surface area contributed by atoms with Gasteiger partial charge in [0.1, 0.15) is 6.04 Å². The van der Waals surface area contributed by atoms with Gasteiger partial charge in [-0.15, -0.1) is 0 Å². The molecule has 2 aromatic rings. The summed E-state index contributed by atoms with van der Waals surface area (Å²) in [5.74, 6) is -1.30. The lowest BCUT2D eigenvalue weighted by Crippen LogP contribution is -2.49. The first-order valence-corrected chi connectivity index (χ1v) is 8.50. The Labute approximate surface area is 150 Å². The highest BCUT2D eigenvalue weighted by Crippen LogP contribution is 2.22. The molecule has 2 heterocycles. The van der Waals surface area contributed by atoms with Crippen LogP contribution in [0.1, 0.15) is 35.4 Å². The summed E-state index contributed by atoms with van der Waals surface area (Å²) in [6, 6.07) is 9.36. The average Bonchev–Trinajstić information content (AvgIpc) is 3.15. The fourth-order valence-electron chi connectivity index (χ4n) is 3.15. The Morgan fingerprint density at radius 2 is 2.04 bits per heavy atom. The number of likely N-dealkylation sites (tertiary alicyclic amines) is 1. The van der Waals surface area contributed by atoms with Crippen LogP contribution in [0.3, 0.4) is 0 Å². The van der Waals surface area contributed by atoms with Gasteiger partial charge in [-0.05, 0) is 49.1 Å². The maximum absolute atomic E-state index is 12.7. The summed E-state index contributed by atoms with van der Waals surface area (Å²) in [5, 5.41) is 11.7. The number of piperidine rings is 1. The van der Waals surface area contributed by atoms with E-state index in [-0.39, 0.29) is 24.0 Å². The summed E-state index contributed by atoms with van der Waals surface area (Å²) >= 11 is 0. The molecule has 7 nitrogen and oxygen atoms in total. The van der Waals surface area contributed by atoms with E-state index in [1.807, 2.05) is 0 Å². The first-order valence-electron chi connectivity index (χ1n) is 8.50. The fraction of sp³-hybridized carbons (Fsp3) is 0.316. The van der Waals surface area contributed by atoms with Crippen LogP contribution < -0.4 is 5.32 Å². The molecule has 0 bridgehead atoms. The molecule has 26 heavy (non-hydrogen) atoms. The minimum absolute atomic E-state index is 0.115. The van der Waals surface area contributed by atoms with E-state index in [1.54, 1.807) is 41.3 Å². The summed E-state index contributed by atoms with van der Waals surface area (Å²) in [7, 11) is 0. The number of hydrogen-bond acceptors (Lipinski definition) is 4. The lowest BCUT2D eigenvalue weighted by atomic mass is 10.0. The second-order valence-electron chi connectivity index (χ2n) is 6.25. The van der Waals surface area contributed by atoms with Crippen molar-refractivity contribution >= 4 is 23.5 Å². The number of nitrogens with one attached hydrogen (secondary N) is 1. The molecule has 0 saturated carbocycles. The van der Waals surface area contributed by atoms with Gasteiger partial charge in [-0.3, -0.25) is 14.4 Å². The Kier molecular flexibility index (Phi) is 5.36. The number of amides is 2. The van der Waals surface area contributed by atoms with Crippen molar-refractivity contribution in [3.05, 3.63) is 54.0 Å². The smallest absolute Gasteiger partial charge is 0.307 e. The van der Waals surface area contributed by atoms with Gasteiger partial charge in [0.25, 0.3) is 5.91 Å². The lowest BCUT2D eigenvalue weighted by molar-refractivity contribution is -0.136. The molecule has 0 spiro atoms. The number of carboxylic acids is 1. The van der Waals surface area contributed by atoms with Crippen molar-refractivity contribution in [2.75, 3.05) is 11.9 Å². The molecule has 1 aliphatic heterocycles. The molecule has 1 aromatic carbocycles. The maximum Gasteiger partial charge on any atom is 0.307 e. The molecule has 1 saturated heterocycles. The van der Waals surface area contributed by atoms with Gasteiger partial charge in [0.05, 0.1) is 12.7 Å². The van der Waals surface area contributed by atoms with Gasteiger partial charge in [-0.25, -0.2) is 0 Å². The van der Waals surface area contributed by atoms with Gasteiger partial charge in [0.2, 0.25) is 5.91 Å². The Morgan fingerprint density at radius 1 is 1.19 bits per heavy atom. The fourth-order valence-corrected chi connectivity index (χ4v) is 3.15. The first kappa shape index (κ1) is 17.7. The predicted octanol–water partition coefficient (Wildman–Crippen LogP) is 2.54. The van der Waals surface area contributed by atoms with Crippen LogP contribution in [0.2, 0.25) is 0 Å². The zero-order valence-corrected chi connectivity index (χ0v) is 14.2. The number of carbonyl (C=O) groups excluding carboxylic acids is 2. The van der Waals surface area contributed by atoms with Crippen LogP contribution in [-0.2, 0) is 16.0 Å². The number of aliphatic carboxylic acids is 1. The van der Waals surface area contributed by atoms with Crippen molar-refractivity contribution in [1.29, 1.82) is 0 Å². The van der Waals surface area contributed by atoms with Gasteiger partial charge in [0.15, 0.2) is 5.76 Å². The van der Waals surface area contributed by atoms with E-state index in [4.69, 9.17) is 9.52 Å². The van der Waals surface area contributed by atoms with Crippen molar-refractivity contribution in [2.24, 2.45) is 0 Å². The summed E-state index contributed by atoms with van der Waals surface area (Å²) in [6.45, 7) is 0.497. The van der Waals surface area contributed by atoms with E-state index < -0.39 is 12.0 Å². The quantitative estimate of drug-likeness (QED) is 0.857. The third-order valence-electron chi connectivity index (χ3n) is 4.35. The highest BCUT2D eigenvalue weighted by Gasteiger charge is 2.33. The van der Waals surface area contributed by atoms with Gasteiger partial charge in [0, 0.05) is 12.2 Å². The second-order valence-corrected chi connectivity index (χ2v) is 6.25. The van der Waals surface area contributed by atoms with E-state index in [2.05, 4.69) is 5.32 Å². The Hall–Kier alpha value is -3.09. The SMILES string of the molecule is O=C(O)Cc1cccc(NC(=O)C2CCCCN2C(=O)c2ccco2)c1. The zero-order chi connectivity index (χ0) is 18.5. The summed E-state index contributed by atoms with van der Waals surface area (Å²) in [6.07, 6.45) is 3.59. The molecular formula is C19H20N2O5. The van der Waals surface area contributed by atoms with Crippen LogP contribution in [0.15, 0.2) is 47.1 Å². The molecule has 1 unspecified atom stereocenters. The van der Waals surface area contributed by atoms with Crippen molar-refractivity contribution in [3.8, 4) is 0 Å². The van der Waals surface area contributed by atoms with Crippen LogP contribution in [-0.4, -0.2) is 40.4 Å². The van der Waals surface area contributed by atoms with Crippen molar-refractivity contribution < 1.29 is 23.9 Å². The Bertz CT molecular complexity index is 800. The van der Waals surface area contributed by atoms with Crippen LogP contribution in [0, 0.1) is 0 Å². The number of hydrogen-bond donors (Lipinski definition) is 2. The second kappa shape index (κ2) is 7.86. The molecule has 0 radical (unpaired) electrons. The van der Waals surface area contributed by atoms with Crippen LogP contribution >= 0.6 is 0 Å². The van der Waals surface area contributed by atoms with Gasteiger partial charge in [-0.2, -0.15) is 0 Å². The van der Waals surface area contributed by atoms with Crippen molar-refractivity contribution in [1.82, 2.24) is 4.90 Å². The third kappa shape index (κ3) is 4.11. The predicted molar refractivity (Wildman–Crippen MR) is 93.8 cm³/mol. The largest absolute Gasteiger partial charge is 0.481 e. The third-order valence-corrected chi connectivity index (χ3v) is 4.35. The average molecular weight is 356 g/mol. The lowest BCUT2D eigenvalue weighted by Gasteiger charge is -2.34. The molecule has 2 amide bonds. The van der Waals surface area contributed by atoms with E-state index in [1.165, 1.54) is 6.26 Å². The molecule has 1 atom stereocenters. The standard InChI is InChI=1S/C19H20N2O5/c22-17(23)12-13-5-3-6-14(11-13)20-18(24)15-7-1-2-9-21(15)19(25)16-8-4-10-26-16/h3-6,8,10-11,15H,1-2,7,9,12H2,(H,20,24)(H,22,23). The number of carboxylic acid groups (broad SMARTS) is 1. The first-order chi connectivity index (χ1) is 12.5. The van der Waals surface area contributed by atoms with Crippen LogP contribution in [0.4, 0.5) is 5.69 Å². The van der Waals surface area contributed by atoms with Crippen LogP contribution in [0.5, 0.6) is 0 Å². The van der Waals surface area contributed by atoms with E-state index >= 15 is 0 Å². The summed E-state index contributed by atoms with van der Waals surface area (Å²) in [5.41, 5.74) is 1.12. The van der Waals surface area contributed by atoms with E-state index in [9.17, 15) is 14.4 Å². The number of furan rings is 1. The van der Waals surface area contributed by atoms with E-state index in [0.717, 1.165) is 12.8 Å². The van der Waals surface area contributed by atoms with Crippen LogP contribution in [0.25, 0.3) is 0 Å². The summed E-state index contributed by atoms with van der Waals surface area (Å²) in [4.78, 5) is 37.7. The Morgan fingerprint density at radius 3 is 2.77 bits per heavy atom. The molecule has 2 N–H and O–H groups in total. The molecule has 0 aliphatic carbocycles. The topological polar surface area (TPSA) is 99.9 Å². The Balaban J connectivity index is 1.73. The minimum atomic E-state index is -0.934. The number of nitrogens with zero attached hydrogens (tertiary/aromatic N) is 1. The number of rotatable bonds is 5. The number of carbonyl (C=O) groups is 3. The minimum Gasteiger partial charge on any atom is -0.481 e. The molecule has 1 fully saturated rings. The van der Waals surface area contributed by atoms with Crippen molar-refractivity contribution in [2.45, 2.75) is 31.7 Å². The number of benzene rings is 1. The normalized spacial score (nSPS) is 16.9. The molecular weight excluding hydrogens is 336 g/mol. The summed E-state index contributed by atoms with van der Waals surface area (Å²) < 4.78 is 5.17. The monoisotopic (exact) mass is 356 g/mol. The van der Waals surface area contributed by atoms with Gasteiger partial charge >= 0.3 is 5.97 Å². The molecule has 136 valence electrons. The molecule has 1 aromatic heterocycles. The van der Waals surface area contributed by atoms with Crippen molar-refractivity contribution in [3.63, 3.8) is 0 Å². The van der Waals surface area contributed by atoms with Gasteiger partial charge in [-0.1, -0.05) is 12.1 Å². The zero-order valence-electron chi connectivity index (χ0n) is 14.2. The maximum atomic E-state index is 12.7. The van der Waals surface area contributed by atoms with E-state index in [0.29, 0.717) is 24.2 Å². The molecule has 7 heteroatoms. The number of anilines is 1. The molecule has 1 aliphatic rings. The highest BCUT2D eigenvalue weighted by atomic mass is 16.4. The van der Waals surface area contributed by atoms with Gasteiger partial charge < -0.3 is 19.7 Å². The highest BCUT2D eigenvalue weighted by molar-refractivity contribution is 6.00. The molecule has 3 rings (SSSR count).